The lowest BCUT2D eigenvalue weighted by atomic mass is 10.1. The van der Waals surface area contributed by atoms with Gasteiger partial charge in [-0.05, 0) is 57.0 Å². The topological polar surface area (TPSA) is 58.2 Å². The Morgan fingerprint density at radius 2 is 1.60 bits per heavy atom. The number of benzene rings is 2. The monoisotopic (exact) mass is 356 g/mol. The molecule has 0 spiro atoms. The molecule has 0 aromatic heterocycles. The van der Waals surface area contributed by atoms with Crippen molar-refractivity contribution in [3.63, 3.8) is 0 Å². The molecule has 5 heteroatoms. The van der Waals surface area contributed by atoms with E-state index in [1.807, 2.05) is 70.2 Å². The Kier molecular flexibility index (Phi) is 6.65. The van der Waals surface area contributed by atoms with Gasteiger partial charge in [0, 0.05) is 11.4 Å². The highest BCUT2D eigenvalue weighted by atomic mass is 32.2. The number of nitrogens with one attached hydrogen (secondary N) is 2. The lowest BCUT2D eigenvalue weighted by Gasteiger charge is -2.14. The minimum Gasteiger partial charge on any atom is -0.325 e. The highest BCUT2D eigenvalue weighted by molar-refractivity contribution is 8.01. The van der Waals surface area contributed by atoms with Crippen LogP contribution in [0.3, 0.4) is 0 Å². The summed E-state index contributed by atoms with van der Waals surface area (Å²) in [5.74, 6) is 0.0250. The highest BCUT2D eigenvalue weighted by Gasteiger charge is 2.16. The van der Waals surface area contributed by atoms with Gasteiger partial charge in [0.05, 0.1) is 11.0 Å². The molecule has 2 N–H and O–H groups in total. The van der Waals surface area contributed by atoms with Gasteiger partial charge in [-0.15, -0.1) is 11.8 Å². The van der Waals surface area contributed by atoms with Crippen LogP contribution >= 0.6 is 11.8 Å². The lowest BCUT2D eigenvalue weighted by molar-refractivity contribution is -0.115. The van der Waals surface area contributed by atoms with E-state index >= 15 is 0 Å². The molecule has 25 heavy (non-hydrogen) atoms. The van der Waals surface area contributed by atoms with Gasteiger partial charge in [0.15, 0.2) is 0 Å². The number of rotatable bonds is 6. The van der Waals surface area contributed by atoms with E-state index in [0.717, 1.165) is 28.1 Å². The summed E-state index contributed by atoms with van der Waals surface area (Å²) >= 11 is 1.32. The van der Waals surface area contributed by atoms with Crippen LogP contribution < -0.4 is 10.6 Å². The second-order valence-corrected chi connectivity index (χ2v) is 7.50. The maximum atomic E-state index is 12.3. The molecule has 132 valence electrons. The van der Waals surface area contributed by atoms with E-state index in [4.69, 9.17) is 0 Å². The van der Waals surface area contributed by atoms with Gasteiger partial charge in [-0.3, -0.25) is 9.59 Å². The molecule has 0 radical (unpaired) electrons. The van der Waals surface area contributed by atoms with Gasteiger partial charge in [0.25, 0.3) is 0 Å². The van der Waals surface area contributed by atoms with Crippen molar-refractivity contribution in [1.82, 2.24) is 0 Å². The van der Waals surface area contributed by atoms with E-state index in [0.29, 0.717) is 0 Å². The van der Waals surface area contributed by atoms with E-state index < -0.39 is 0 Å². The van der Waals surface area contributed by atoms with Gasteiger partial charge in [-0.2, -0.15) is 0 Å². The zero-order valence-electron chi connectivity index (χ0n) is 15.1. The first-order chi connectivity index (χ1) is 11.8. The van der Waals surface area contributed by atoms with Crippen LogP contribution in [-0.2, 0) is 9.59 Å². The summed E-state index contributed by atoms with van der Waals surface area (Å²) in [5, 5.41) is 5.46. The van der Waals surface area contributed by atoms with Gasteiger partial charge in [-0.25, -0.2) is 0 Å². The van der Waals surface area contributed by atoms with E-state index in [9.17, 15) is 9.59 Å². The molecule has 2 rings (SSSR count). The Bertz CT molecular complexity index is 757. The number of hydrogen-bond donors (Lipinski definition) is 2. The number of aryl methyl sites for hydroxylation is 3. The van der Waals surface area contributed by atoms with Crippen molar-refractivity contribution in [3.8, 4) is 0 Å². The van der Waals surface area contributed by atoms with Gasteiger partial charge in [0.1, 0.15) is 0 Å². The average molecular weight is 356 g/mol. The van der Waals surface area contributed by atoms with Crippen molar-refractivity contribution in [2.24, 2.45) is 0 Å². The fourth-order valence-electron chi connectivity index (χ4n) is 2.22. The molecule has 0 fully saturated rings. The first kappa shape index (κ1) is 19.1. The summed E-state index contributed by atoms with van der Waals surface area (Å²) < 4.78 is 0. The lowest BCUT2D eigenvalue weighted by Crippen LogP contribution is -2.25. The molecule has 0 heterocycles. The van der Waals surface area contributed by atoms with Gasteiger partial charge in [-0.1, -0.05) is 29.8 Å². The summed E-state index contributed by atoms with van der Waals surface area (Å²) in [6.07, 6.45) is 0. The van der Waals surface area contributed by atoms with Crippen LogP contribution in [0.5, 0.6) is 0 Å². The zero-order valence-corrected chi connectivity index (χ0v) is 15.9. The summed E-state index contributed by atoms with van der Waals surface area (Å²) in [6.45, 7) is 7.76. The number of thioether (sulfide) groups is 1. The molecule has 1 unspecified atom stereocenters. The molecule has 0 bridgehead atoms. The predicted molar refractivity (Wildman–Crippen MR) is 106 cm³/mol. The van der Waals surface area contributed by atoms with Crippen LogP contribution in [0, 0.1) is 20.8 Å². The molecule has 0 aliphatic carbocycles. The Labute approximate surface area is 153 Å². The molecule has 0 aliphatic heterocycles. The number of carbonyl (C=O) groups excluding carboxylic acids is 2. The third-order valence-electron chi connectivity index (χ3n) is 3.82. The Balaban J connectivity index is 1.83. The van der Waals surface area contributed by atoms with Crippen LogP contribution in [0.2, 0.25) is 0 Å². The second-order valence-electron chi connectivity index (χ2n) is 6.18. The predicted octanol–water partition coefficient (Wildman–Crippen LogP) is 4.31. The fraction of sp³-hybridized carbons (Fsp3) is 0.300. The van der Waals surface area contributed by atoms with E-state index in [-0.39, 0.29) is 22.8 Å². The Morgan fingerprint density at radius 1 is 0.960 bits per heavy atom. The SMILES string of the molecule is Cc1ccc(NC(=O)CSC(C)C(=O)Nc2cc(C)ccc2C)cc1. The summed E-state index contributed by atoms with van der Waals surface area (Å²) in [5.41, 5.74) is 4.85. The minimum atomic E-state index is -0.316. The molecule has 1 atom stereocenters. The molecule has 2 aromatic rings. The highest BCUT2D eigenvalue weighted by Crippen LogP contribution is 2.19. The molecule has 2 aromatic carbocycles. The van der Waals surface area contributed by atoms with Crippen molar-refractivity contribution in [2.75, 3.05) is 16.4 Å². The van der Waals surface area contributed by atoms with Crippen molar-refractivity contribution < 1.29 is 9.59 Å². The normalized spacial score (nSPS) is 11.7. The molecular formula is C20H24N2O2S. The van der Waals surface area contributed by atoms with E-state index in [1.54, 1.807) is 0 Å². The average Bonchev–Trinajstić information content (AvgIpc) is 2.58. The number of hydrogen-bond acceptors (Lipinski definition) is 3. The third kappa shape index (κ3) is 5.94. The van der Waals surface area contributed by atoms with Crippen LogP contribution in [0.1, 0.15) is 23.6 Å². The van der Waals surface area contributed by atoms with Crippen LogP contribution in [0.25, 0.3) is 0 Å². The Morgan fingerprint density at radius 3 is 2.28 bits per heavy atom. The number of anilines is 2. The molecule has 0 saturated carbocycles. The van der Waals surface area contributed by atoms with Gasteiger partial charge < -0.3 is 10.6 Å². The zero-order chi connectivity index (χ0) is 18.4. The van der Waals surface area contributed by atoms with Gasteiger partial charge >= 0.3 is 0 Å². The molecule has 0 aliphatic rings. The smallest absolute Gasteiger partial charge is 0.237 e. The van der Waals surface area contributed by atoms with Crippen molar-refractivity contribution in [1.29, 1.82) is 0 Å². The summed E-state index contributed by atoms with van der Waals surface area (Å²) in [6, 6.07) is 13.6. The van der Waals surface area contributed by atoms with Gasteiger partial charge in [0.2, 0.25) is 11.8 Å². The first-order valence-electron chi connectivity index (χ1n) is 8.21. The standard InChI is InChI=1S/C20H24N2O2S/c1-13-6-9-17(10-7-13)21-19(23)12-25-16(4)20(24)22-18-11-14(2)5-8-15(18)3/h5-11,16H,12H2,1-4H3,(H,21,23)(H,22,24). The maximum Gasteiger partial charge on any atom is 0.237 e. The van der Waals surface area contributed by atoms with E-state index in [1.165, 1.54) is 11.8 Å². The van der Waals surface area contributed by atoms with Crippen molar-refractivity contribution >= 4 is 35.0 Å². The van der Waals surface area contributed by atoms with Crippen LogP contribution in [-0.4, -0.2) is 22.8 Å². The summed E-state index contributed by atoms with van der Waals surface area (Å²) in [4.78, 5) is 24.3. The van der Waals surface area contributed by atoms with Crippen LogP contribution in [0.15, 0.2) is 42.5 Å². The largest absolute Gasteiger partial charge is 0.325 e. The maximum absolute atomic E-state index is 12.3. The molecule has 4 nitrogen and oxygen atoms in total. The minimum absolute atomic E-state index is 0.0955. The molecule has 2 amide bonds. The number of amides is 2. The summed E-state index contributed by atoms with van der Waals surface area (Å²) in [7, 11) is 0. The molecule has 0 saturated heterocycles. The number of carbonyl (C=O) groups is 2. The van der Waals surface area contributed by atoms with E-state index in [2.05, 4.69) is 10.6 Å². The van der Waals surface area contributed by atoms with Crippen LogP contribution in [0.4, 0.5) is 11.4 Å². The third-order valence-corrected chi connectivity index (χ3v) is 4.96. The second kappa shape index (κ2) is 8.72. The fourth-order valence-corrected chi connectivity index (χ4v) is 2.90. The van der Waals surface area contributed by atoms with Crippen molar-refractivity contribution in [3.05, 3.63) is 59.2 Å². The van der Waals surface area contributed by atoms with Crippen molar-refractivity contribution in [2.45, 2.75) is 32.9 Å². The molecular weight excluding hydrogens is 332 g/mol. The first-order valence-corrected chi connectivity index (χ1v) is 9.26. The quantitative estimate of drug-likeness (QED) is 0.811. The Hall–Kier alpha value is -2.27.